The van der Waals surface area contributed by atoms with Gasteiger partial charge in [0.25, 0.3) is 0 Å². The molecular formula is C12H12N2. The van der Waals surface area contributed by atoms with E-state index in [9.17, 15) is 0 Å². The molecule has 0 N–H and O–H groups in total. The summed E-state index contributed by atoms with van der Waals surface area (Å²) in [6, 6.07) is 9.96. The summed E-state index contributed by atoms with van der Waals surface area (Å²) in [7, 11) is 0. The molecule has 70 valence electrons. The predicted molar refractivity (Wildman–Crippen MR) is 54.5 cm³/mol. The molecule has 0 saturated carbocycles. The van der Waals surface area contributed by atoms with Crippen molar-refractivity contribution in [1.29, 1.82) is 10.5 Å². The van der Waals surface area contributed by atoms with Crippen LogP contribution in [0.2, 0.25) is 0 Å². The first-order chi connectivity index (χ1) is 6.70. The Morgan fingerprint density at radius 1 is 1.36 bits per heavy atom. The van der Waals surface area contributed by atoms with Crippen molar-refractivity contribution >= 4 is 0 Å². The first kappa shape index (κ1) is 10.3. The lowest BCUT2D eigenvalue weighted by atomic mass is 9.92. The topological polar surface area (TPSA) is 47.6 Å². The fourth-order valence-electron chi connectivity index (χ4n) is 1.56. The zero-order chi connectivity index (χ0) is 10.6. The molecular weight excluding hydrogens is 172 g/mol. The van der Waals surface area contributed by atoms with Crippen molar-refractivity contribution in [2.75, 3.05) is 0 Å². The van der Waals surface area contributed by atoms with E-state index in [2.05, 4.69) is 12.1 Å². The lowest BCUT2D eigenvalue weighted by Crippen LogP contribution is -1.97. The van der Waals surface area contributed by atoms with Gasteiger partial charge in [-0.05, 0) is 30.0 Å². The highest BCUT2D eigenvalue weighted by atomic mass is 14.3. The van der Waals surface area contributed by atoms with E-state index in [0.717, 1.165) is 11.1 Å². The van der Waals surface area contributed by atoms with Crippen LogP contribution >= 0.6 is 0 Å². The maximum atomic E-state index is 8.84. The predicted octanol–water partition coefficient (Wildman–Crippen LogP) is 2.88. The second kappa shape index (κ2) is 4.44. The number of rotatable bonds is 2. The molecule has 1 aromatic rings. The summed E-state index contributed by atoms with van der Waals surface area (Å²) in [5, 5.41) is 17.4. The maximum absolute atomic E-state index is 8.84. The summed E-state index contributed by atoms with van der Waals surface area (Å²) in [5.41, 5.74) is 2.80. The van der Waals surface area contributed by atoms with E-state index in [-0.39, 0.29) is 5.92 Å². The molecule has 1 aromatic carbocycles. The average molecular weight is 184 g/mol. The third-order valence-electron chi connectivity index (χ3n) is 2.42. The van der Waals surface area contributed by atoms with Crippen LogP contribution in [0.3, 0.4) is 0 Å². The monoisotopic (exact) mass is 184 g/mol. The Hall–Kier alpha value is -1.80. The van der Waals surface area contributed by atoms with Gasteiger partial charge in [0.2, 0.25) is 0 Å². The van der Waals surface area contributed by atoms with Crippen LogP contribution in [0.5, 0.6) is 0 Å². The molecule has 1 rings (SSSR count). The van der Waals surface area contributed by atoms with E-state index >= 15 is 0 Å². The van der Waals surface area contributed by atoms with E-state index in [0.29, 0.717) is 12.0 Å². The fraction of sp³-hybridized carbons (Fsp3) is 0.333. The Morgan fingerprint density at radius 2 is 2.07 bits per heavy atom. The Morgan fingerprint density at radius 3 is 2.64 bits per heavy atom. The highest BCUT2D eigenvalue weighted by molar-refractivity contribution is 5.43. The Bertz CT molecular complexity index is 407. The molecule has 2 nitrogen and oxygen atoms in total. The first-order valence-electron chi connectivity index (χ1n) is 4.57. The van der Waals surface area contributed by atoms with Crippen LogP contribution in [0.4, 0.5) is 0 Å². The lowest BCUT2D eigenvalue weighted by molar-refractivity contribution is 0.781. The van der Waals surface area contributed by atoms with Crippen LogP contribution in [0.15, 0.2) is 18.2 Å². The van der Waals surface area contributed by atoms with Crippen LogP contribution in [0.1, 0.15) is 36.0 Å². The number of benzene rings is 1. The molecule has 0 amide bonds. The molecule has 0 bridgehead atoms. The van der Waals surface area contributed by atoms with Crippen molar-refractivity contribution in [1.82, 2.24) is 0 Å². The normalized spacial score (nSPS) is 11.4. The molecule has 0 radical (unpaired) electrons. The summed E-state index contributed by atoms with van der Waals surface area (Å²) in [6.45, 7) is 3.94. The number of hydrogen-bond acceptors (Lipinski definition) is 2. The molecule has 0 aliphatic heterocycles. The Balaban J connectivity index is 3.12. The van der Waals surface area contributed by atoms with E-state index in [1.807, 2.05) is 26.0 Å². The van der Waals surface area contributed by atoms with Gasteiger partial charge in [-0.1, -0.05) is 19.1 Å². The number of nitriles is 2. The Kier molecular flexibility index (Phi) is 3.26. The van der Waals surface area contributed by atoms with Gasteiger partial charge in [-0.2, -0.15) is 10.5 Å². The standard InChI is InChI=1S/C12H12N2/c1-9(6-7-13)12-5-3-4-11(8-14)10(12)2/h3-5,9H,6H2,1-2H3. The van der Waals surface area contributed by atoms with Crippen LogP contribution in [0, 0.1) is 29.6 Å². The van der Waals surface area contributed by atoms with Gasteiger partial charge in [-0.25, -0.2) is 0 Å². The fourth-order valence-corrected chi connectivity index (χ4v) is 1.56. The zero-order valence-corrected chi connectivity index (χ0v) is 8.41. The van der Waals surface area contributed by atoms with Crippen LogP contribution in [-0.2, 0) is 0 Å². The van der Waals surface area contributed by atoms with E-state index in [1.165, 1.54) is 0 Å². The SMILES string of the molecule is Cc1c(C#N)cccc1C(C)CC#N. The largest absolute Gasteiger partial charge is 0.198 e. The average Bonchev–Trinajstić information content (AvgIpc) is 2.18. The van der Waals surface area contributed by atoms with Gasteiger partial charge in [0.15, 0.2) is 0 Å². The van der Waals surface area contributed by atoms with Gasteiger partial charge in [0.05, 0.1) is 17.7 Å². The summed E-state index contributed by atoms with van der Waals surface area (Å²) >= 11 is 0. The number of hydrogen-bond donors (Lipinski definition) is 0. The van der Waals surface area contributed by atoms with Gasteiger partial charge >= 0.3 is 0 Å². The zero-order valence-electron chi connectivity index (χ0n) is 8.41. The van der Waals surface area contributed by atoms with Crippen LogP contribution in [-0.4, -0.2) is 0 Å². The van der Waals surface area contributed by atoms with Gasteiger partial charge in [0.1, 0.15) is 0 Å². The van der Waals surface area contributed by atoms with Crippen LogP contribution in [0.25, 0.3) is 0 Å². The molecule has 1 unspecified atom stereocenters. The third kappa shape index (κ3) is 1.92. The van der Waals surface area contributed by atoms with Crippen molar-refractivity contribution < 1.29 is 0 Å². The van der Waals surface area contributed by atoms with Crippen molar-refractivity contribution in [3.05, 3.63) is 34.9 Å². The minimum atomic E-state index is 0.202. The second-order valence-corrected chi connectivity index (χ2v) is 3.39. The third-order valence-corrected chi connectivity index (χ3v) is 2.42. The Labute approximate surface area is 84.4 Å². The van der Waals surface area contributed by atoms with Crippen molar-refractivity contribution in [3.8, 4) is 12.1 Å². The lowest BCUT2D eigenvalue weighted by Gasteiger charge is -2.11. The van der Waals surface area contributed by atoms with E-state index in [4.69, 9.17) is 10.5 Å². The summed E-state index contributed by atoms with van der Waals surface area (Å²) in [6.07, 6.45) is 0.496. The minimum Gasteiger partial charge on any atom is -0.198 e. The first-order valence-corrected chi connectivity index (χ1v) is 4.57. The van der Waals surface area contributed by atoms with Crippen LogP contribution < -0.4 is 0 Å². The van der Waals surface area contributed by atoms with Gasteiger partial charge in [0, 0.05) is 6.42 Å². The quantitative estimate of drug-likeness (QED) is 0.709. The number of nitrogens with zero attached hydrogens (tertiary/aromatic N) is 2. The van der Waals surface area contributed by atoms with Crippen molar-refractivity contribution in [3.63, 3.8) is 0 Å². The summed E-state index contributed by atoms with van der Waals surface area (Å²) in [4.78, 5) is 0. The van der Waals surface area contributed by atoms with Gasteiger partial charge in [-0.15, -0.1) is 0 Å². The summed E-state index contributed by atoms with van der Waals surface area (Å²) < 4.78 is 0. The van der Waals surface area contributed by atoms with E-state index < -0.39 is 0 Å². The highest BCUT2D eigenvalue weighted by Gasteiger charge is 2.09. The molecule has 0 aromatic heterocycles. The highest BCUT2D eigenvalue weighted by Crippen LogP contribution is 2.23. The molecule has 0 aliphatic rings. The minimum absolute atomic E-state index is 0.202. The molecule has 0 spiro atoms. The van der Waals surface area contributed by atoms with Gasteiger partial charge < -0.3 is 0 Å². The second-order valence-electron chi connectivity index (χ2n) is 3.39. The molecule has 2 heteroatoms. The maximum Gasteiger partial charge on any atom is 0.0994 e. The van der Waals surface area contributed by atoms with Crippen molar-refractivity contribution in [2.24, 2.45) is 0 Å². The molecule has 0 fully saturated rings. The molecule has 1 atom stereocenters. The molecule has 14 heavy (non-hydrogen) atoms. The van der Waals surface area contributed by atoms with Gasteiger partial charge in [-0.3, -0.25) is 0 Å². The molecule has 0 saturated heterocycles. The molecule has 0 heterocycles. The smallest absolute Gasteiger partial charge is 0.0994 e. The molecule has 0 aliphatic carbocycles. The summed E-state index contributed by atoms with van der Waals surface area (Å²) in [5.74, 6) is 0.202. The van der Waals surface area contributed by atoms with E-state index in [1.54, 1.807) is 6.07 Å². The van der Waals surface area contributed by atoms with Crippen molar-refractivity contribution in [2.45, 2.75) is 26.2 Å².